The number of imidazole rings is 1. The first-order valence-electron chi connectivity index (χ1n) is 10.9. The van der Waals surface area contributed by atoms with Crippen LogP contribution < -0.4 is 5.32 Å². The second-order valence-corrected chi connectivity index (χ2v) is 9.01. The van der Waals surface area contributed by atoms with Gasteiger partial charge in [0.1, 0.15) is 5.82 Å². The van der Waals surface area contributed by atoms with Crippen LogP contribution in [0.4, 0.5) is 9.18 Å². The third-order valence-electron chi connectivity index (χ3n) is 5.85. The molecule has 9 heteroatoms. The predicted octanol–water partition coefficient (Wildman–Crippen LogP) is 4.71. The van der Waals surface area contributed by atoms with E-state index in [1.807, 2.05) is 28.8 Å². The zero-order valence-electron chi connectivity index (χ0n) is 18.1. The van der Waals surface area contributed by atoms with Gasteiger partial charge in [-0.25, -0.2) is 14.2 Å². The zero-order chi connectivity index (χ0) is 22.9. The molecule has 2 aromatic carbocycles. The molecule has 0 radical (unpaired) electrons. The van der Waals surface area contributed by atoms with Crippen molar-refractivity contribution < 1.29 is 18.7 Å². The predicted molar refractivity (Wildman–Crippen MR) is 125 cm³/mol. The van der Waals surface area contributed by atoms with Crippen LogP contribution in [-0.2, 0) is 4.74 Å². The first kappa shape index (κ1) is 21.4. The Morgan fingerprint density at radius 3 is 2.67 bits per heavy atom. The summed E-state index contributed by atoms with van der Waals surface area (Å²) in [4.78, 5) is 31.8. The van der Waals surface area contributed by atoms with Crippen LogP contribution in [0.15, 0.2) is 48.7 Å². The molecule has 0 spiro atoms. The number of aromatic nitrogens is 2. The van der Waals surface area contributed by atoms with Crippen LogP contribution in [0.3, 0.4) is 0 Å². The molecule has 170 valence electrons. The largest absolute Gasteiger partial charge is 0.450 e. The fraction of sp³-hybridized carbons (Fsp3) is 0.292. The lowest BCUT2D eigenvalue weighted by atomic mass is 10.0. The summed E-state index contributed by atoms with van der Waals surface area (Å²) in [6.45, 7) is 3.29. The molecule has 7 nitrogen and oxygen atoms in total. The third kappa shape index (κ3) is 4.28. The molecule has 1 aliphatic heterocycles. The summed E-state index contributed by atoms with van der Waals surface area (Å²) < 4.78 is 21.2. The Hall–Kier alpha value is -3.46. The van der Waals surface area contributed by atoms with Crippen LogP contribution in [0.25, 0.3) is 26.4 Å². The number of nitrogens with zero attached hydrogens (tertiary/aromatic N) is 3. The summed E-state index contributed by atoms with van der Waals surface area (Å²) in [5.41, 5.74) is 3.19. The summed E-state index contributed by atoms with van der Waals surface area (Å²) >= 11 is 1.51. The maximum atomic E-state index is 13.2. The topological polar surface area (TPSA) is 75.9 Å². The number of carbonyl (C=O) groups is 2. The number of rotatable bonds is 4. The fourth-order valence-corrected chi connectivity index (χ4v) is 5.14. The lowest BCUT2D eigenvalue weighted by Gasteiger charge is -2.31. The van der Waals surface area contributed by atoms with E-state index in [0.717, 1.165) is 26.4 Å². The molecule has 3 heterocycles. The molecule has 2 amide bonds. The normalized spacial score (nSPS) is 14.7. The molecule has 2 aromatic heterocycles. The monoisotopic (exact) mass is 466 g/mol. The minimum atomic E-state index is -0.293. The maximum Gasteiger partial charge on any atom is 0.409 e. The van der Waals surface area contributed by atoms with Gasteiger partial charge < -0.3 is 15.0 Å². The van der Waals surface area contributed by atoms with Gasteiger partial charge in [-0.15, -0.1) is 0 Å². The van der Waals surface area contributed by atoms with Crippen molar-refractivity contribution in [3.05, 3.63) is 60.0 Å². The van der Waals surface area contributed by atoms with Gasteiger partial charge in [-0.1, -0.05) is 11.3 Å². The standard InChI is InChI=1S/C24H23FN4O3S/c1-2-32-24(31)28-11-9-18(10-12-28)26-22(30)16-5-8-20-21(13-16)33-23-27-19(14-29(20)23)15-3-6-17(25)7-4-15/h3-8,13-14,18H,2,9-12H2,1H3,(H,26,30). The molecule has 1 saturated heterocycles. The Kier molecular flexibility index (Phi) is 5.72. The molecule has 0 unspecified atom stereocenters. The van der Waals surface area contributed by atoms with Gasteiger partial charge in [-0.2, -0.15) is 0 Å². The number of ether oxygens (including phenoxy) is 1. The van der Waals surface area contributed by atoms with Crippen molar-refractivity contribution in [3.8, 4) is 11.3 Å². The molecule has 0 aliphatic carbocycles. The molecule has 1 aliphatic rings. The van der Waals surface area contributed by atoms with Crippen molar-refractivity contribution in [2.45, 2.75) is 25.8 Å². The molecule has 0 atom stereocenters. The van der Waals surface area contributed by atoms with E-state index < -0.39 is 0 Å². The lowest BCUT2D eigenvalue weighted by Crippen LogP contribution is -2.46. The van der Waals surface area contributed by atoms with E-state index >= 15 is 0 Å². The zero-order valence-corrected chi connectivity index (χ0v) is 18.9. The second kappa shape index (κ2) is 8.82. The Labute approximate surface area is 193 Å². The number of amides is 2. The summed E-state index contributed by atoms with van der Waals surface area (Å²) in [6.07, 6.45) is 3.04. The number of hydrogen-bond acceptors (Lipinski definition) is 5. The Bertz CT molecular complexity index is 1320. The molecule has 1 fully saturated rings. The quantitative estimate of drug-likeness (QED) is 0.473. The molecule has 0 saturated carbocycles. The number of likely N-dealkylation sites (tertiary alicyclic amines) is 1. The van der Waals surface area contributed by atoms with Crippen LogP contribution in [0.1, 0.15) is 30.1 Å². The van der Waals surface area contributed by atoms with Crippen molar-refractivity contribution >= 4 is 38.5 Å². The number of carbonyl (C=O) groups excluding carboxylic acids is 2. The van der Waals surface area contributed by atoms with Crippen molar-refractivity contribution in [2.75, 3.05) is 19.7 Å². The fourth-order valence-electron chi connectivity index (χ4n) is 4.09. The molecule has 33 heavy (non-hydrogen) atoms. The van der Waals surface area contributed by atoms with Gasteiger partial charge >= 0.3 is 6.09 Å². The number of benzene rings is 2. The lowest BCUT2D eigenvalue weighted by molar-refractivity contribution is 0.0860. The van der Waals surface area contributed by atoms with Gasteiger partial charge in [0.05, 0.1) is 22.5 Å². The van der Waals surface area contributed by atoms with Crippen LogP contribution in [-0.4, -0.2) is 52.0 Å². The molecular weight excluding hydrogens is 443 g/mol. The van der Waals surface area contributed by atoms with E-state index in [9.17, 15) is 14.0 Å². The molecule has 0 bridgehead atoms. The van der Waals surface area contributed by atoms with Gasteiger partial charge in [0.2, 0.25) is 0 Å². The highest BCUT2D eigenvalue weighted by molar-refractivity contribution is 7.23. The summed E-state index contributed by atoms with van der Waals surface area (Å²) in [5.74, 6) is -0.398. The number of nitrogens with one attached hydrogen (secondary N) is 1. The van der Waals surface area contributed by atoms with Gasteiger partial charge in [-0.05, 0) is 62.2 Å². The van der Waals surface area contributed by atoms with E-state index in [2.05, 4.69) is 10.3 Å². The Morgan fingerprint density at radius 2 is 1.94 bits per heavy atom. The number of piperidine rings is 1. The summed E-state index contributed by atoms with van der Waals surface area (Å²) in [5, 5.41) is 3.09. The van der Waals surface area contributed by atoms with E-state index in [-0.39, 0.29) is 23.9 Å². The van der Waals surface area contributed by atoms with E-state index in [1.165, 1.54) is 23.5 Å². The smallest absolute Gasteiger partial charge is 0.409 e. The van der Waals surface area contributed by atoms with Gasteiger partial charge in [0.25, 0.3) is 5.91 Å². The van der Waals surface area contributed by atoms with Crippen molar-refractivity contribution in [2.24, 2.45) is 0 Å². The highest BCUT2D eigenvalue weighted by Gasteiger charge is 2.25. The van der Waals surface area contributed by atoms with Gasteiger partial charge in [-0.3, -0.25) is 9.20 Å². The number of halogens is 1. The third-order valence-corrected chi connectivity index (χ3v) is 6.87. The Balaban J connectivity index is 1.29. The van der Waals surface area contributed by atoms with Crippen molar-refractivity contribution in [1.29, 1.82) is 0 Å². The van der Waals surface area contributed by atoms with Crippen LogP contribution >= 0.6 is 11.3 Å². The molecule has 4 aromatic rings. The first-order chi connectivity index (χ1) is 16.0. The van der Waals surface area contributed by atoms with Gasteiger partial charge in [0.15, 0.2) is 4.96 Å². The van der Waals surface area contributed by atoms with Crippen molar-refractivity contribution in [3.63, 3.8) is 0 Å². The maximum absolute atomic E-state index is 13.2. The van der Waals surface area contributed by atoms with Crippen molar-refractivity contribution in [1.82, 2.24) is 19.6 Å². The van der Waals surface area contributed by atoms with Crippen LogP contribution in [0.2, 0.25) is 0 Å². The molecule has 1 N–H and O–H groups in total. The van der Waals surface area contributed by atoms with Crippen LogP contribution in [0, 0.1) is 5.82 Å². The minimum Gasteiger partial charge on any atom is -0.450 e. The average molecular weight is 467 g/mol. The molecular formula is C24H23FN4O3S. The summed E-state index contributed by atoms with van der Waals surface area (Å²) in [7, 11) is 0. The molecule has 5 rings (SSSR count). The number of thiazole rings is 1. The minimum absolute atomic E-state index is 0.0257. The van der Waals surface area contributed by atoms with E-state index in [4.69, 9.17) is 4.74 Å². The van der Waals surface area contributed by atoms with E-state index in [1.54, 1.807) is 24.0 Å². The SMILES string of the molecule is CCOC(=O)N1CCC(NC(=O)c2ccc3c(c2)sc2nc(-c4ccc(F)cc4)cn23)CC1. The van der Waals surface area contributed by atoms with Crippen LogP contribution in [0.5, 0.6) is 0 Å². The second-order valence-electron chi connectivity index (χ2n) is 8.00. The average Bonchev–Trinajstić information content (AvgIpc) is 3.38. The number of fused-ring (bicyclic) bond motifs is 3. The van der Waals surface area contributed by atoms with Gasteiger partial charge in [0, 0.05) is 36.5 Å². The van der Waals surface area contributed by atoms with E-state index in [0.29, 0.717) is 38.1 Å². The number of hydrogen-bond donors (Lipinski definition) is 1. The highest BCUT2D eigenvalue weighted by Crippen LogP contribution is 2.30. The first-order valence-corrected chi connectivity index (χ1v) is 11.7. The summed E-state index contributed by atoms with van der Waals surface area (Å²) in [6, 6.07) is 11.9. The Morgan fingerprint density at radius 1 is 1.18 bits per heavy atom. The highest BCUT2D eigenvalue weighted by atomic mass is 32.1.